The van der Waals surface area contributed by atoms with Crippen LogP contribution in [0.25, 0.3) is 0 Å². The number of piperidine rings is 1. The number of hydrogen-bond donors (Lipinski definition) is 1. The summed E-state index contributed by atoms with van der Waals surface area (Å²) in [5.74, 6) is -0.00135. The van der Waals surface area contributed by atoms with E-state index >= 15 is 0 Å². The van der Waals surface area contributed by atoms with Gasteiger partial charge in [0.2, 0.25) is 10.0 Å². The lowest BCUT2D eigenvalue weighted by molar-refractivity contribution is 0.0827. The molecule has 0 spiro atoms. The van der Waals surface area contributed by atoms with Crippen molar-refractivity contribution in [2.75, 3.05) is 27.2 Å². The van der Waals surface area contributed by atoms with Crippen molar-refractivity contribution in [1.82, 2.24) is 14.5 Å². The molecule has 8 heteroatoms. The summed E-state index contributed by atoms with van der Waals surface area (Å²) in [6.45, 7) is 2.41. The minimum absolute atomic E-state index is 0.00135. The van der Waals surface area contributed by atoms with Gasteiger partial charge in [-0.1, -0.05) is 18.2 Å². The van der Waals surface area contributed by atoms with Crippen LogP contribution in [0, 0.1) is 0 Å². The Labute approximate surface area is 164 Å². The lowest BCUT2D eigenvalue weighted by atomic mass is 10.0. The van der Waals surface area contributed by atoms with E-state index in [1.54, 1.807) is 36.5 Å². The quantitative estimate of drug-likeness (QED) is 0.798. The molecule has 0 saturated carbocycles. The number of carbonyl (C=O) groups is 1. The zero-order valence-corrected chi connectivity index (χ0v) is 17.2. The Bertz CT molecular complexity index is 871. The van der Waals surface area contributed by atoms with E-state index in [-0.39, 0.29) is 11.9 Å². The summed E-state index contributed by atoms with van der Waals surface area (Å²) >= 11 is 1.23. The number of rotatable bonds is 6. The summed E-state index contributed by atoms with van der Waals surface area (Å²) in [4.78, 5) is 16.0. The largest absolute Gasteiger partial charge is 0.345 e. The molecule has 6 nitrogen and oxygen atoms in total. The number of nitrogens with zero attached hydrogens (tertiary/aromatic N) is 2. The second-order valence-corrected chi connectivity index (χ2v) is 9.89. The number of sulfonamides is 1. The van der Waals surface area contributed by atoms with E-state index in [0.717, 1.165) is 38.0 Å². The maximum atomic E-state index is 12.3. The van der Waals surface area contributed by atoms with Gasteiger partial charge in [0.1, 0.15) is 4.21 Å². The van der Waals surface area contributed by atoms with E-state index in [1.807, 2.05) is 24.3 Å². The third-order valence-corrected chi connectivity index (χ3v) is 7.57. The fraction of sp³-hybridized carbons (Fsp3) is 0.421. The van der Waals surface area contributed by atoms with Gasteiger partial charge in [-0.25, -0.2) is 13.1 Å². The molecule has 1 aromatic heterocycles. The second-order valence-electron chi connectivity index (χ2n) is 7.00. The van der Waals surface area contributed by atoms with Crippen molar-refractivity contribution in [3.05, 3.63) is 52.9 Å². The van der Waals surface area contributed by atoms with E-state index in [2.05, 4.69) is 9.62 Å². The van der Waals surface area contributed by atoms with Crippen molar-refractivity contribution in [3.8, 4) is 0 Å². The van der Waals surface area contributed by atoms with Gasteiger partial charge < -0.3 is 4.90 Å². The van der Waals surface area contributed by atoms with Gasteiger partial charge in [-0.05, 0) is 42.0 Å². The summed E-state index contributed by atoms with van der Waals surface area (Å²) in [5.41, 5.74) is 1.79. The predicted molar refractivity (Wildman–Crippen MR) is 107 cm³/mol. The highest BCUT2D eigenvalue weighted by Crippen LogP contribution is 2.20. The van der Waals surface area contributed by atoms with Gasteiger partial charge in [-0.3, -0.25) is 9.69 Å². The first-order valence-corrected chi connectivity index (χ1v) is 11.3. The smallest absolute Gasteiger partial charge is 0.253 e. The first-order valence-electron chi connectivity index (χ1n) is 8.94. The first-order chi connectivity index (χ1) is 12.8. The van der Waals surface area contributed by atoms with Crippen molar-refractivity contribution >= 4 is 27.3 Å². The molecular formula is C19H25N3O3S2. The lowest BCUT2D eigenvalue weighted by Gasteiger charge is -2.32. The summed E-state index contributed by atoms with van der Waals surface area (Å²) in [6.07, 6.45) is 1.56. The number of hydrogen-bond acceptors (Lipinski definition) is 5. The number of likely N-dealkylation sites (tertiary alicyclic amines) is 1. The third kappa shape index (κ3) is 5.16. The molecule has 2 aromatic rings. The summed E-state index contributed by atoms with van der Waals surface area (Å²) in [7, 11) is 0.0857. The van der Waals surface area contributed by atoms with Crippen molar-refractivity contribution in [2.24, 2.45) is 0 Å². The molecule has 0 atom stereocenters. The van der Waals surface area contributed by atoms with Gasteiger partial charge in [0.15, 0.2) is 0 Å². The molecule has 2 heterocycles. The highest BCUT2D eigenvalue weighted by Gasteiger charge is 2.25. The molecule has 1 saturated heterocycles. The average Bonchev–Trinajstić information content (AvgIpc) is 3.18. The molecule has 1 N–H and O–H groups in total. The normalized spacial score (nSPS) is 16.4. The Hall–Kier alpha value is -1.74. The Balaban J connectivity index is 1.54. The number of carbonyl (C=O) groups excluding carboxylic acids is 1. The SMILES string of the molecule is CN(C)C(=O)c1cccc(CN2CCC(NS(=O)(=O)c3cccs3)CC2)c1. The van der Waals surface area contributed by atoms with Gasteiger partial charge >= 0.3 is 0 Å². The molecular weight excluding hydrogens is 382 g/mol. The van der Waals surface area contributed by atoms with Crippen molar-refractivity contribution in [3.63, 3.8) is 0 Å². The Morgan fingerprint density at radius 3 is 2.59 bits per heavy atom. The molecule has 0 bridgehead atoms. The average molecular weight is 408 g/mol. The second kappa shape index (κ2) is 8.52. The third-order valence-electron chi connectivity index (χ3n) is 4.66. The first kappa shape index (κ1) is 20.0. The van der Waals surface area contributed by atoms with Crippen molar-refractivity contribution in [1.29, 1.82) is 0 Å². The number of amides is 1. The van der Waals surface area contributed by atoms with E-state index in [4.69, 9.17) is 0 Å². The van der Waals surface area contributed by atoms with Crippen LogP contribution in [0.15, 0.2) is 46.0 Å². The zero-order valence-electron chi connectivity index (χ0n) is 15.6. The van der Waals surface area contributed by atoms with Crippen LogP contribution in [-0.2, 0) is 16.6 Å². The molecule has 27 heavy (non-hydrogen) atoms. The van der Waals surface area contributed by atoms with Crippen molar-refractivity contribution < 1.29 is 13.2 Å². The van der Waals surface area contributed by atoms with E-state index in [1.165, 1.54) is 11.3 Å². The number of thiophene rings is 1. The molecule has 1 aliphatic rings. The van der Waals surface area contributed by atoms with Crippen LogP contribution in [0.5, 0.6) is 0 Å². The van der Waals surface area contributed by atoms with Crippen LogP contribution in [0.3, 0.4) is 0 Å². The fourth-order valence-corrected chi connectivity index (χ4v) is 5.54. The highest BCUT2D eigenvalue weighted by atomic mass is 32.2. The number of benzene rings is 1. The van der Waals surface area contributed by atoms with Crippen LogP contribution in [0.4, 0.5) is 0 Å². The summed E-state index contributed by atoms with van der Waals surface area (Å²) in [6, 6.07) is 11.0. The zero-order chi connectivity index (χ0) is 19.4. The van der Waals surface area contributed by atoms with Crippen molar-refractivity contribution in [2.45, 2.75) is 29.6 Å². The Morgan fingerprint density at radius 1 is 1.22 bits per heavy atom. The van der Waals surface area contributed by atoms with Crippen LogP contribution >= 0.6 is 11.3 Å². The molecule has 1 aromatic carbocycles. The molecule has 1 amide bonds. The molecule has 0 aliphatic carbocycles. The van der Waals surface area contributed by atoms with E-state index in [0.29, 0.717) is 9.77 Å². The van der Waals surface area contributed by atoms with Crippen LogP contribution in [-0.4, -0.2) is 57.4 Å². The Morgan fingerprint density at radius 2 is 1.96 bits per heavy atom. The molecule has 0 unspecified atom stereocenters. The topological polar surface area (TPSA) is 69.7 Å². The molecule has 0 radical (unpaired) electrons. The fourth-order valence-electron chi connectivity index (χ4n) is 3.22. The monoisotopic (exact) mass is 407 g/mol. The van der Waals surface area contributed by atoms with Gasteiger partial charge in [0, 0.05) is 45.3 Å². The maximum Gasteiger partial charge on any atom is 0.253 e. The lowest BCUT2D eigenvalue weighted by Crippen LogP contribution is -2.44. The van der Waals surface area contributed by atoms with Gasteiger partial charge in [0.25, 0.3) is 5.91 Å². The van der Waals surface area contributed by atoms with Crippen LogP contribution in [0.1, 0.15) is 28.8 Å². The minimum Gasteiger partial charge on any atom is -0.345 e. The minimum atomic E-state index is -3.41. The van der Waals surface area contributed by atoms with Crippen LogP contribution in [0.2, 0.25) is 0 Å². The number of nitrogens with one attached hydrogen (secondary N) is 1. The summed E-state index contributed by atoms with van der Waals surface area (Å²) in [5, 5.41) is 1.77. The van der Waals surface area contributed by atoms with E-state index in [9.17, 15) is 13.2 Å². The molecule has 1 aliphatic heterocycles. The van der Waals surface area contributed by atoms with Gasteiger partial charge in [-0.2, -0.15) is 0 Å². The molecule has 146 valence electrons. The van der Waals surface area contributed by atoms with Gasteiger partial charge in [-0.15, -0.1) is 11.3 Å². The maximum absolute atomic E-state index is 12.3. The Kier molecular flexibility index (Phi) is 6.31. The van der Waals surface area contributed by atoms with Crippen LogP contribution < -0.4 is 4.72 Å². The predicted octanol–water partition coefficient (Wildman–Crippen LogP) is 2.39. The standard InChI is InChI=1S/C19H25N3O3S2/c1-21(2)19(23)16-6-3-5-15(13-16)14-22-10-8-17(9-11-22)20-27(24,25)18-7-4-12-26-18/h3-7,12-13,17,20H,8-11,14H2,1-2H3. The highest BCUT2D eigenvalue weighted by molar-refractivity contribution is 7.91. The van der Waals surface area contributed by atoms with Gasteiger partial charge in [0.05, 0.1) is 0 Å². The van der Waals surface area contributed by atoms with E-state index < -0.39 is 10.0 Å². The molecule has 3 rings (SSSR count). The molecule has 1 fully saturated rings. The summed E-state index contributed by atoms with van der Waals surface area (Å²) < 4.78 is 27.9.